The summed E-state index contributed by atoms with van der Waals surface area (Å²) < 4.78 is 0. The largest absolute Gasteiger partial charge is 0.389 e. The van der Waals surface area contributed by atoms with Crippen molar-refractivity contribution < 1.29 is 5.11 Å². The van der Waals surface area contributed by atoms with E-state index in [1.807, 2.05) is 6.07 Å². The first kappa shape index (κ1) is 13.6. The first-order valence-corrected chi connectivity index (χ1v) is 7.10. The van der Waals surface area contributed by atoms with Crippen LogP contribution in [-0.2, 0) is 0 Å². The minimum absolute atomic E-state index is 0.299. The number of nitrogens with one attached hydrogen (secondary N) is 1. The summed E-state index contributed by atoms with van der Waals surface area (Å²) in [6.45, 7) is 5.10. The Kier molecular flexibility index (Phi) is 4.41. The fourth-order valence-corrected chi connectivity index (χ4v) is 3.00. The van der Waals surface area contributed by atoms with Gasteiger partial charge in [-0.1, -0.05) is 50.1 Å². The van der Waals surface area contributed by atoms with Crippen LogP contribution in [0.25, 0.3) is 0 Å². The molecule has 0 aromatic heterocycles. The average molecular weight is 247 g/mol. The molecule has 1 saturated carbocycles. The maximum atomic E-state index is 10.6. The molecule has 0 heterocycles. The molecular formula is C16H25NO. The first-order valence-electron chi connectivity index (χ1n) is 7.10. The Morgan fingerprint density at radius 1 is 1.39 bits per heavy atom. The molecule has 2 rings (SSSR count). The van der Waals surface area contributed by atoms with Gasteiger partial charge in [0.2, 0.25) is 0 Å². The molecule has 3 unspecified atom stereocenters. The number of aliphatic hydroxyl groups is 1. The highest BCUT2D eigenvalue weighted by atomic mass is 16.3. The summed E-state index contributed by atoms with van der Waals surface area (Å²) in [5.74, 6) is 0.651. The SMILES string of the molecule is CC1CCCC(O)(CNC(C)c2ccccc2)C1. The van der Waals surface area contributed by atoms with E-state index < -0.39 is 5.60 Å². The van der Waals surface area contributed by atoms with Crippen LogP contribution in [-0.4, -0.2) is 17.3 Å². The van der Waals surface area contributed by atoms with E-state index >= 15 is 0 Å². The lowest BCUT2D eigenvalue weighted by Gasteiger charge is -2.36. The Labute approximate surface area is 110 Å². The monoisotopic (exact) mass is 247 g/mol. The maximum Gasteiger partial charge on any atom is 0.0774 e. The van der Waals surface area contributed by atoms with Crippen molar-refractivity contribution in [3.8, 4) is 0 Å². The third kappa shape index (κ3) is 3.56. The van der Waals surface area contributed by atoms with Gasteiger partial charge in [-0.05, 0) is 31.2 Å². The fourth-order valence-electron chi connectivity index (χ4n) is 3.00. The van der Waals surface area contributed by atoms with Crippen molar-refractivity contribution in [2.24, 2.45) is 5.92 Å². The van der Waals surface area contributed by atoms with Crippen LogP contribution in [0.15, 0.2) is 30.3 Å². The van der Waals surface area contributed by atoms with Crippen LogP contribution in [0.3, 0.4) is 0 Å². The van der Waals surface area contributed by atoms with Crippen LogP contribution in [0.2, 0.25) is 0 Å². The van der Waals surface area contributed by atoms with Crippen molar-refractivity contribution in [2.45, 2.75) is 51.2 Å². The third-order valence-electron chi connectivity index (χ3n) is 4.10. The van der Waals surface area contributed by atoms with E-state index in [4.69, 9.17) is 0 Å². The molecule has 1 aromatic rings. The van der Waals surface area contributed by atoms with E-state index in [-0.39, 0.29) is 0 Å². The second-order valence-corrected chi connectivity index (χ2v) is 5.94. The number of rotatable bonds is 4. The van der Waals surface area contributed by atoms with E-state index in [0.717, 1.165) is 19.3 Å². The van der Waals surface area contributed by atoms with Crippen LogP contribution in [0.5, 0.6) is 0 Å². The van der Waals surface area contributed by atoms with Crippen molar-refractivity contribution in [3.63, 3.8) is 0 Å². The lowest BCUT2D eigenvalue weighted by molar-refractivity contribution is -0.0134. The molecule has 1 aliphatic rings. The van der Waals surface area contributed by atoms with Gasteiger partial charge < -0.3 is 10.4 Å². The number of hydrogen-bond donors (Lipinski definition) is 2. The molecule has 0 bridgehead atoms. The summed E-state index contributed by atoms with van der Waals surface area (Å²) in [5.41, 5.74) is 0.783. The van der Waals surface area contributed by atoms with Crippen molar-refractivity contribution >= 4 is 0 Å². The smallest absolute Gasteiger partial charge is 0.0774 e. The van der Waals surface area contributed by atoms with Gasteiger partial charge in [0, 0.05) is 12.6 Å². The van der Waals surface area contributed by atoms with E-state index in [1.165, 1.54) is 12.0 Å². The van der Waals surface area contributed by atoms with E-state index in [1.54, 1.807) is 0 Å². The van der Waals surface area contributed by atoms with Crippen molar-refractivity contribution in [2.75, 3.05) is 6.54 Å². The predicted octanol–water partition coefficient (Wildman–Crippen LogP) is 3.28. The zero-order valence-corrected chi connectivity index (χ0v) is 11.5. The van der Waals surface area contributed by atoms with Crippen LogP contribution in [0.1, 0.15) is 51.1 Å². The summed E-state index contributed by atoms with van der Waals surface area (Å²) in [5, 5.41) is 14.1. The van der Waals surface area contributed by atoms with Gasteiger partial charge >= 0.3 is 0 Å². The lowest BCUT2D eigenvalue weighted by Crippen LogP contribution is -2.44. The minimum atomic E-state index is -0.499. The fraction of sp³-hybridized carbons (Fsp3) is 0.625. The second kappa shape index (κ2) is 5.85. The minimum Gasteiger partial charge on any atom is -0.389 e. The molecule has 100 valence electrons. The summed E-state index contributed by atoms with van der Waals surface area (Å²) >= 11 is 0. The molecule has 2 nitrogen and oxygen atoms in total. The molecule has 1 aliphatic carbocycles. The van der Waals surface area contributed by atoms with Gasteiger partial charge in [-0.15, -0.1) is 0 Å². The Morgan fingerprint density at radius 3 is 2.78 bits per heavy atom. The number of benzene rings is 1. The second-order valence-electron chi connectivity index (χ2n) is 5.94. The third-order valence-corrected chi connectivity index (χ3v) is 4.10. The molecule has 0 spiro atoms. The van der Waals surface area contributed by atoms with Crippen LogP contribution in [0, 0.1) is 5.92 Å². The lowest BCUT2D eigenvalue weighted by atomic mass is 9.79. The average Bonchev–Trinajstić information content (AvgIpc) is 2.37. The van der Waals surface area contributed by atoms with E-state index in [0.29, 0.717) is 18.5 Å². The zero-order valence-electron chi connectivity index (χ0n) is 11.5. The van der Waals surface area contributed by atoms with Crippen LogP contribution < -0.4 is 5.32 Å². The van der Waals surface area contributed by atoms with Gasteiger partial charge in [-0.2, -0.15) is 0 Å². The van der Waals surface area contributed by atoms with E-state index in [9.17, 15) is 5.11 Å². The van der Waals surface area contributed by atoms with Gasteiger partial charge in [0.15, 0.2) is 0 Å². The predicted molar refractivity (Wildman–Crippen MR) is 75.4 cm³/mol. The van der Waals surface area contributed by atoms with Crippen molar-refractivity contribution in [1.29, 1.82) is 0 Å². The zero-order chi connectivity index (χ0) is 13.0. The molecule has 1 aromatic carbocycles. The molecule has 2 heteroatoms. The molecule has 2 N–H and O–H groups in total. The van der Waals surface area contributed by atoms with Gasteiger partial charge in [0.05, 0.1) is 5.60 Å². The Hall–Kier alpha value is -0.860. The topological polar surface area (TPSA) is 32.3 Å². The molecule has 0 aliphatic heterocycles. The summed E-state index contributed by atoms with van der Waals surface area (Å²) in [6, 6.07) is 10.7. The Morgan fingerprint density at radius 2 is 2.11 bits per heavy atom. The van der Waals surface area contributed by atoms with Gasteiger partial charge in [0.25, 0.3) is 0 Å². The molecule has 18 heavy (non-hydrogen) atoms. The van der Waals surface area contributed by atoms with Crippen LogP contribution in [0.4, 0.5) is 0 Å². The summed E-state index contributed by atoms with van der Waals surface area (Å²) in [6.07, 6.45) is 4.28. The van der Waals surface area contributed by atoms with E-state index in [2.05, 4.69) is 43.4 Å². The summed E-state index contributed by atoms with van der Waals surface area (Å²) in [7, 11) is 0. The number of hydrogen-bond acceptors (Lipinski definition) is 2. The molecule has 1 fully saturated rings. The standard InChI is InChI=1S/C16H25NO/c1-13-7-6-10-16(18,11-13)12-17-14(2)15-8-4-3-5-9-15/h3-5,8-9,13-14,17-18H,6-7,10-12H2,1-2H3. The van der Waals surface area contributed by atoms with Crippen LogP contribution >= 0.6 is 0 Å². The van der Waals surface area contributed by atoms with Crippen molar-refractivity contribution in [1.82, 2.24) is 5.32 Å². The molecule has 0 radical (unpaired) electrons. The quantitative estimate of drug-likeness (QED) is 0.856. The highest BCUT2D eigenvalue weighted by Gasteiger charge is 2.32. The first-order chi connectivity index (χ1) is 8.59. The van der Waals surface area contributed by atoms with Gasteiger partial charge in [-0.25, -0.2) is 0 Å². The van der Waals surface area contributed by atoms with Crippen molar-refractivity contribution in [3.05, 3.63) is 35.9 Å². The van der Waals surface area contributed by atoms with Gasteiger partial charge in [0.1, 0.15) is 0 Å². The molecule has 3 atom stereocenters. The maximum absolute atomic E-state index is 10.6. The molecular weight excluding hydrogens is 222 g/mol. The highest BCUT2D eigenvalue weighted by Crippen LogP contribution is 2.32. The Bertz CT molecular complexity index is 365. The highest BCUT2D eigenvalue weighted by molar-refractivity contribution is 5.18. The van der Waals surface area contributed by atoms with Gasteiger partial charge in [-0.3, -0.25) is 0 Å². The summed E-state index contributed by atoms with van der Waals surface area (Å²) in [4.78, 5) is 0. The Balaban J connectivity index is 1.87. The normalized spacial score (nSPS) is 30.1. The molecule has 0 saturated heterocycles. The molecule has 0 amide bonds.